The molecule has 2 aromatic rings. The zero-order valence-corrected chi connectivity index (χ0v) is 21.8. The predicted octanol–water partition coefficient (Wildman–Crippen LogP) is 2.97. The molecule has 9 nitrogen and oxygen atoms in total. The van der Waals surface area contributed by atoms with Gasteiger partial charge in [0.25, 0.3) is 0 Å². The number of hydrogen-bond acceptors (Lipinski definition) is 8. The zero-order valence-electron chi connectivity index (χ0n) is 21.8. The van der Waals surface area contributed by atoms with Crippen molar-refractivity contribution in [1.29, 1.82) is 5.26 Å². The van der Waals surface area contributed by atoms with Crippen LogP contribution in [0, 0.1) is 17.2 Å². The molecule has 1 saturated carbocycles. The number of nitriles is 1. The van der Waals surface area contributed by atoms with E-state index in [1.54, 1.807) is 25.7 Å². The van der Waals surface area contributed by atoms with Gasteiger partial charge in [-0.2, -0.15) is 5.26 Å². The van der Waals surface area contributed by atoms with E-state index in [0.717, 1.165) is 49.9 Å². The molecular formula is C26H39N7O2. The number of nitrogens with zero attached hydrogens (tertiary/aromatic N) is 6. The van der Waals surface area contributed by atoms with E-state index in [1.807, 2.05) is 33.9 Å². The molecule has 4 heterocycles. The van der Waals surface area contributed by atoms with Crippen molar-refractivity contribution in [3.63, 3.8) is 0 Å². The van der Waals surface area contributed by atoms with E-state index in [2.05, 4.69) is 38.1 Å². The molecule has 1 aliphatic carbocycles. The number of anilines is 3. The van der Waals surface area contributed by atoms with Crippen LogP contribution in [-0.2, 0) is 10.2 Å². The van der Waals surface area contributed by atoms with Crippen LogP contribution in [0.25, 0.3) is 0 Å². The summed E-state index contributed by atoms with van der Waals surface area (Å²) < 4.78 is 4.94. The summed E-state index contributed by atoms with van der Waals surface area (Å²) >= 11 is 0. The lowest BCUT2D eigenvalue weighted by Crippen LogP contribution is -2.39. The summed E-state index contributed by atoms with van der Waals surface area (Å²) in [5.41, 5.74) is 2.06. The predicted molar refractivity (Wildman–Crippen MR) is 138 cm³/mol. The van der Waals surface area contributed by atoms with E-state index < -0.39 is 0 Å². The molecule has 35 heavy (non-hydrogen) atoms. The first kappa shape index (κ1) is 26.8. The van der Waals surface area contributed by atoms with Crippen molar-refractivity contribution >= 4 is 17.5 Å². The number of pyridine rings is 1. The van der Waals surface area contributed by atoms with Gasteiger partial charge in [-0.05, 0) is 58.7 Å². The molecule has 1 saturated heterocycles. The Morgan fingerprint density at radius 3 is 2.40 bits per heavy atom. The lowest BCUT2D eigenvalue weighted by atomic mass is 9.66. The standard InChI is InChI=1S/C21H25N7.C5H12O.H2O/c1-14-10-27(11-16(14)23-2)19-18-20(26-13-25-19)28(12-21(18)5-3-6-21)17-8-15(9-22)4-7-24-17;1-5(2,3)6-4;/h4,7-8,13-14,16,23H,3,5-6,10-12H2,1-2H3;1-4H3;1H2/t14-,16+;;/m0../s1. The van der Waals surface area contributed by atoms with Gasteiger partial charge in [-0.25, -0.2) is 15.0 Å². The number of methoxy groups -OCH3 is 1. The minimum atomic E-state index is 0. The normalized spacial score (nSPS) is 22.0. The molecule has 9 heteroatoms. The van der Waals surface area contributed by atoms with Gasteiger partial charge in [0.1, 0.15) is 23.8 Å². The van der Waals surface area contributed by atoms with Crippen LogP contribution in [0.2, 0.25) is 0 Å². The van der Waals surface area contributed by atoms with Crippen LogP contribution in [0.3, 0.4) is 0 Å². The fraction of sp³-hybridized carbons (Fsp3) is 0.615. The second-order valence-electron chi connectivity index (χ2n) is 10.7. The smallest absolute Gasteiger partial charge is 0.143 e. The summed E-state index contributed by atoms with van der Waals surface area (Å²) in [4.78, 5) is 18.6. The molecule has 0 aromatic carbocycles. The Balaban J connectivity index is 0.000000439. The van der Waals surface area contributed by atoms with E-state index in [1.165, 1.54) is 12.0 Å². The maximum absolute atomic E-state index is 9.29. The summed E-state index contributed by atoms with van der Waals surface area (Å²) in [6.45, 7) is 11.2. The number of fused-ring (bicyclic) bond motifs is 2. The quantitative estimate of drug-likeness (QED) is 0.710. The Morgan fingerprint density at radius 2 is 1.86 bits per heavy atom. The highest BCUT2D eigenvalue weighted by Gasteiger charge is 2.51. The second kappa shape index (κ2) is 10.4. The first-order valence-corrected chi connectivity index (χ1v) is 12.2. The van der Waals surface area contributed by atoms with Crippen molar-refractivity contribution in [3.05, 3.63) is 35.8 Å². The van der Waals surface area contributed by atoms with E-state index >= 15 is 0 Å². The minimum absolute atomic E-state index is 0. The van der Waals surface area contributed by atoms with Crippen molar-refractivity contribution < 1.29 is 10.2 Å². The van der Waals surface area contributed by atoms with Gasteiger partial charge in [0.05, 0.1) is 17.2 Å². The van der Waals surface area contributed by atoms with Crippen LogP contribution in [0.4, 0.5) is 17.5 Å². The van der Waals surface area contributed by atoms with E-state index in [-0.39, 0.29) is 16.5 Å². The maximum atomic E-state index is 9.29. The van der Waals surface area contributed by atoms with Gasteiger partial charge in [-0.3, -0.25) is 0 Å². The molecule has 2 atom stereocenters. The lowest BCUT2D eigenvalue weighted by Gasteiger charge is -2.40. The highest BCUT2D eigenvalue weighted by molar-refractivity contribution is 5.74. The number of nitrogens with one attached hydrogen (secondary N) is 1. The Morgan fingerprint density at radius 1 is 1.17 bits per heavy atom. The molecule has 3 aliphatic rings. The third kappa shape index (κ3) is 5.25. The second-order valence-corrected chi connectivity index (χ2v) is 10.7. The van der Waals surface area contributed by atoms with Crippen molar-refractivity contribution in [2.24, 2.45) is 5.92 Å². The average molecular weight is 482 g/mol. The molecule has 1 spiro atoms. The van der Waals surface area contributed by atoms with Crippen molar-refractivity contribution in [2.75, 3.05) is 43.6 Å². The zero-order chi connectivity index (χ0) is 24.5. The molecule has 3 N–H and O–H groups in total. The summed E-state index contributed by atoms with van der Waals surface area (Å²) in [5, 5.41) is 12.7. The first-order chi connectivity index (χ1) is 16.2. The molecule has 5 rings (SSSR count). The Labute approximate surface area is 208 Å². The van der Waals surface area contributed by atoms with Gasteiger partial charge in [0.2, 0.25) is 0 Å². The number of aromatic nitrogens is 3. The van der Waals surface area contributed by atoms with E-state index in [4.69, 9.17) is 9.72 Å². The monoisotopic (exact) mass is 481 g/mol. The number of hydrogen-bond donors (Lipinski definition) is 1. The Bertz CT molecular complexity index is 1060. The van der Waals surface area contributed by atoms with Crippen LogP contribution in [0.1, 0.15) is 58.1 Å². The van der Waals surface area contributed by atoms with Crippen LogP contribution >= 0.6 is 0 Å². The molecule has 0 unspecified atom stereocenters. The molecule has 0 radical (unpaired) electrons. The third-order valence-corrected chi connectivity index (χ3v) is 7.41. The van der Waals surface area contributed by atoms with Gasteiger partial charge in [0.15, 0.2) is 0 Å². The van der Waals surface area contributed by atoms with Crippen LogP contribution in [0.15, 0.2) is 24.7 Å². The highest BCUT2D eigenvalue weighted by Crippen LogP contribution is 2.56. The van der Waals surface area contributed by atoms with Gasteiger partial charge >= 0.3 is 0 Å². The molecular weight excluding hydrogens is 442 g/mol. The third-order valence-electron chi connectivity index (χ3n) is 7.41. The topological polar surface area (TPSA) is 122 Å². The first-order valence-electron chi connectivity index (χ1n) is 12.2. The fourth-order valence-electron chi connectivity index (χ4n) is 5.09. The fourth-order valence-corrected chi connectivity index (χ4v) is 5.09. The van der Waals surface area contributed by atoms with Gasteiger partial charge in [0, 0.05) is 50.0 Å². The molecule has 2 fully saturated rings. The van der Waals surface area contributed by atoms with Crippen molar-refractivity contribution in [1.82, 2.24) is 20.3 Å². The summed E-state index contributed by atoms with van der Waals surface area (Å²) in [7, 11) is 3.75. The van der Waals surface area contributed by atoms with Gasteiger partial charge in [-0.1, -0.05) is 13.3 Å². The molecule has 2 aliphatic heterocycles. The lowest BCUT2D eigenvalue weighted by molar-refractivity contribution is 0.0397. The maximum Gasteiger partial charge on any atom is 0.143 e. The average Bonchev–Trinajstić information content (AvgIpc) is 3.37. The van der Waals surface area contributed by atoms with Crippen molar-refractivity contribution in [2.45, 2.75) is 64.0 Å². The summed E-state index contributed by atoms with van der Waals surface area (Å²) in [5.74, 6) is 3.44. The molecule has 2 aromatic heterocycles. The highest BCUT2D eigenvalue weighted by atomic mass is 16.5. The van der Waals surface area contributed by atoms with Gasteiger partial charge in [-0.15, -0.1) is 0 Å². The minimum Gasteiger partial charge on any atom is -0.412 e. The number of ether oxygens (including phenoxy) is 1. The van der Waals surface area contributed by atoms with Crippen LogP contribution in [-0.4, -0.2) is 65.9 Å². The van der Waals surface area contributed by atoms with Crippen LogP contribution < -0.4 is 15.1 Å². The van der Waals surface area contributed by atoms with Crippen molar-refractivity contribution in [3.8, 4) is 6.07 Å². The molecule has 0 amide bonds. The SMILES string of the molecule is CN[C@@H]1CN(c2ncnc3c2C2(CCC2)CN3c2cc(C#N)ccn2)C[C@@H]1C.COC(C)(C)C.O. The largest absolute Gasteiger partial charge is 0.412 e. The van der Waals surface area contributed by atoms with Crippen LogP contribution in [0.5, 0.6) is 0 Å². The van der Waals surface area contributed by atoms with Gasteiger partial charge < -0.3 is 25.3 Å². The summed E-state index contributed by atoms with van der Waals surface area (Å²) in [6, 6.07) is 6.31. The number of likely N-dealkylation sites (N-methyl/N-ethyl adjacent to an activating group) is 1. The Kier molecular flexibility index (Phi) is 8.00. The Hall–Kier alpha value is -2.80. The van der Waals surface area contributed by atoms with E-state index in [0.29, 0.717) is 17.5 Å². The van der Waals surface area contributed by atoms with E-state index in [9.17, 15) is 5.26 Å². The number of rotatable bonds is 3. The summed E-state index contributed by atoms with van der Waals surface area (Å²) in [6.07, 6.45) is 6.95. The molecule has 0 bridgehead atoms. The molecule has 190 valence electrons.